The zero-order valence-electron chi connectivity index (χ0n) is 18.8. The molecule has 2 amide bonds. The number of pyridine rings is 1. The highest BCUT2D eigenvalue weighted by molar-refractivity contribution is 8.00. The molecule has 0 unspecified atom stereocenters. The van der Waals surface area contributed by atoms with E-state index in [2.05, 4.69) is 15.2 Å². The van der Waals surface area contributed by atoms with Crippen LogP contribution in [0.5, 0.6) is 0 Å². The van der Waals surface area contributed by atoms with E-state index in [-0.39, 0.29) is 34.4 Å². The van der Waals surface area contributed by atoms with E-state index in [1.807, 2.05) is 12.1 Å². The molecule has 4 rings (SSSR count). The molecule has 8 nitrogen and oxygen atoms in total. The number of rotatable bonds is 6. The smallest absolute Gasteiger partial charge is 0.259 e. The summed E-state index contributed by atoms with van der Waals surface area (Å²) >= 11 is 1.12. The van der Waals surface area contributed by atoms with Crippen LogP contribution in [0.25, 0.3) is 0 Å². The fourth-order valence-electron chi connectivity index (χ4n) is 3.69. The summed E-state index contributed by atoms with van der Waals surface area (Å²) < 4.78 is 13.1. The number of anilines is 3. The Morgan fingerprint density at radius 3 is 2.43 bits per heavy atom. The van der Waals surface area contributed by atoms with Crippen molar-refractivity contribution in [2.45, 2.75) is 5.03 Å². The molecule has 3 N–H and O–H groups in total. The van der Waals surface area contributed by atoms with Crippen molar-refractivity contribution in [1.82, 2.24) is 9.88 Å². The lowest BCUT2D eigenvalue weighted by Gasteiger charge is -2.36. The number of nitriles is 1. The molecule has 1 aliphatic rings. The Morgan fingerprint density at radius 2 is 1.77 bits per heavy atom. The number of piperazine rings is 1. The van der Waals surface area contributed by atoms with E-state index >= 15 is 0 Å². The maximum absolute atomic E-state index is 13.1. The average Bonchev–Trinajstić information content (AvgIpc) is 2.88. The lowest BCUT2D eigenvalue weighted by molar-refractivity contribution is -0.128. The van der Waals surface area contributed by atoms with Crippen molar-refractivity contribution in [2.24, 2.45) is 0 Å². The number of carbonyl (C=O) groups is 2. The van der Waals surface area contributed by atoms with Crippen LogP contribution in [0.3, 0.4) is 0 Å². The van der Waals surface area contributed by atoms with Gasteiger partial charge in [0, 0.05) is 37.6 Å². The summed E-state index contributed by atoms with van der Waals surface area (Å²) in [6.07, 6.45) is 0. The van der Waals surface area contributed by atoms with Crippen LogP contribution in [0.15, 0.2) is 65.7 Å². The van der Waals surface area contributed by atoms with Crippen molar-refractivity contribution in [3.63, 3.8) is 0 Å². The van der Waals surface area contributed by atoms with Gasteiger partial charge in [0.25, 0.3) is 5.91 Å². The number of carbonyl (C=O) groups excluding carboxylic acids is 2. The molecular weight excluding hydrogens is 467 g/mol. The second kappa shape index (κ2) is 10.9. The van der Waals surface area contributed by atoms with Crippen LogP contribution in [0.1, 0.15) is 15.9 Å². The van der Waals surface area contributed by atoms with Crippen LogP contribution in [-0.2, 0) is 4.79 Å². The fourth-order valence-corrected chi connectivity index (χ4v) is 4.55. The molecule has 0 aliphatic carbocycles. The minimum atomic E-state index is -0.468. The van der Waals surface area contributed by atoms with E-state index in [4.69, 9.17) is 5.73 Å². The van der Waals surface area contributed by atoms with Gasteiger partial charge in [0.2, 0.25) is 5.91 Å². The standard InChI is InChI=1S/C25H23FN6O2S/c26-18-6-8-20(9-7-18)31-10-12-32(13-11-31)22(33)16-35-25-17(15-27)14-21(23(28)30-25)24(34)29-19-4-2-1-3-5-19/h1-9,14H,10-13,16H2,(H2,28,30)(H,29,34). The largest absolute Gasteiger partial charge is 0.383 e. The quantitative estimate of drug-likeness (QED) is 0.509. The van der Waals surface area contributed by atoms with E-state index < -0.39 is 5.91 Å². The number of aromatic nitrogens is 1. The van der Waals surface area contributed by atoms with E-state index in [9.17, 15) is 19.2 Å². The highest BCUT2D eigenvalue weighted by atomic mass is 32.2. The van der Waals surface area contributed by atoms with Gasteiger partial charge in [0.05, 0.1) is 16.9 Å². The molecule has 1 saturated heterocycles. The van der Waals surface area contributed by atoms with E-state index in [1.54, 1.807) is 41.3 Å². The van der Waals surface area contributed by atoms with Crippen LogP contribution >= 0.6 is 11.8 Å². The summed E-state index contributed by atoms with van der Waals surface area (Å²) in [4.78, 5) is 33.4. The molecule has 1 fully saturated rings. The van der Waals surface area contributed by atoms with Crippen LogP contribution < -0.4 is 16.0 Å². The number of halogens is 1. The number of hydrogen-bond acceptors (Lipinski definition) is 7. The second-order valence-corrected chi connectivity index (χ2v) is 8.80. The molecule has 0 atom stereocenters. The first-order valence-electron chi connectivity index (χ1n) is 10.9. The lowest BCUT2D eigenvalue weighted by atomic mass is 10.2. The Kier molecular flexibility index (Phi) is 7.48. The third-order valence-electron chi connectivity index (χ3n) is 5.57. The number of benzene rings is 2. The first kappa shape index (κ1) is 24.0. The van der Waals surface area contributed by atoms with Crippen molar-refractivity contribution < 1.29 is 14.0 Å². The van der Waals surface area contributed by atoms with Crippen LogP contribution in [0.2, 0.25) is 0 Å². The van der Waals surface area contributed by atoms with Crippen molar-refractivity contribution in [3.05, 3.63) is 77.6 Å². The van der Waals surface area contributed by atoms with Crippen molar-refractivity contribution >= 4 is 40.8 Å². The molecule has 2 heterocycles. The maximum Gasteiger partial charge on any atom is 0.259 e. The first-order valence-corrected chi connectivity index (χ1v) is 11.9. The van der Waals surface area contributed by atoms with E-state index in [1.165, 1.54) is 18.2 Å². The van der Waals surface area contributed by atoms with E-state index in [0.29, 0.717) is 36.9 Å². The van der Waals surface area contributed by atoms with Gasteiger partial charge in [0.1, 0.15) is 22.7 Å². The Balaban J connectivity index is 1.35. The molecule has 2 aromatic carbocycles. The molecule has 0 radical (unpaired) electrons. The zero-order chi connectivity index (χ0) is 24.8. The average molecular weight is 491 g/mol. The minimum Gasteiger partial charge on any atom is -0.383 e. The predicted molar refractivity (Wildman–Crippen MR) is 134 cm³/mol. The predicted octanol–water partition coefficient (Wildman–Crippen LogP) is 3.37. The molecule has 178 valence electrons. The third kappa shape index (κ3) is 5.88. The van der Waals surface area contributed by atoms with Gasteiger partial charge in [-0.25, -0.2) is 9.37 Å². The summed E-state index contributed by atoms with van der Waals surface area (Å²) in [5.74, 6) is -0.753. The number of amides is 2. The second-order valence-electron chi connectivity index (χ2n) is 7.84. The van der Waals surface area contributed by atoms with Gasteiger partial charge in [-0.2, -0.15) is 5.26 Å². The van der Waals surface area contributed by atoms with Crippen LogP contribution in [-0.4, -0.2) is 53.6 Å². The molecular formula is C25H23FN6O2S. The summed E-state index contributed by atoms with van der Waals surface area (Å²) in [5.41, 5.74) is 7.80. The SMILES string of the molecule is N#Cc1cc(C(=O)Nc2ccccc2)c(N)nc1SCC(=O)N1CCN(c2ccc(F)cc2)CC1. The van der Waals surface area contributed by atoms with Crippen molar-refractivity contribution in [3.8, 4) is 6.07 Å². The molecule has 1 aromatic heterocycles. The Hall–Kier alpha value is -4.10. The maximum atomic E-state index is 13.1. The molecule has 0 spiro atoms. The van der Waals surface area contributed by atoms with Gasteiger partial charge >= 0.3 is 0 Å². The molecule has 35 heavy (non-hydrogen) atoms. The highest BCUT2D eigenvalue weighted by Gasteiger charge is 2.23. The van der Waals surface area contributed by atoms with Gasteiger partial charge in [-0.1, -0.05) is 30.0 Å². The van der Waals surface area contributed by atoms with Crippen LogP contribution in [0.4, 0.5) is 21.6 Å². The number of nitrogen functional groups attached to an aromatic ring is 1. The van der Waals surface area contributed by atoms with Crippen molar-refractivity contribution in [1.29, 1.82) is 5.26 Å². The Bertz CT molecular complexity index is 1260. The number of nitrogens with one attached hydrogen (secondary N) is 1. The Labute approximate surface area is 206 Å². The van der Waals surface area contributed by atoms with E-state index in [0.717, 1.165) is 17.4 Å². The number of thioether (sulfide) groups is 1. The lowest BCUT2D eigenvalue weighted by Crippen LogP contribution is -2.49. The molecule has 0 bridgehead atoms. The fraction of sp³-hybridized carbons (Fsp3) is 0.200. The summed E-state index contributed by atoms with van der Waals surface area (Å²) in [5, 5.41) is 12.6. The van der Waals surface area contributed by atoms with Gasteiger partial charge in [-0.3, -0.25) is 9.59 Å². The molecule has 10 heteroatoms. The topological polar surface area (TPSA) is 115 Å². The normalized spacial score (nSPS) is 13.3. The van der Waals surface area contributed by atoms with Crippen LogP contribution in [0, 0.1) is 17.1 Å². The third-order valence-corrected chi connectivity index (χ3v) is 6.55. The molecule has 3 aromatic rings. The van der Waals surface area contributed by atoms with Crippen molar-refractivity contribution in [2.75, 3.05) is 47.9 Å². The number of nitrogens with zero attached hydrogens (tertiary/aromatic N) is 4. The first-order chi connectivity index (χ1) is 16.9. The molecule has 1 aliphatic heterocycles. The van der Waals surface area contributed by atoms with Gasteiger partial charge in [-0.15, -0.1) is 0 Å². The monoisotopic (exact) mass is 490 g/mol. The van der Waals surface area contributed by atoms with Gasteiger partial charge in [0.15, 0.2) is 0 Å². The van der Waals surface area contributed by atoms with Gasteiger partial charge in [-0.05, 0) is 42.5 Å². The number of para-hydroxylation sites is 1. The molecule has 0 saturated carbocycles. The summed E-state index contributed by atoms with van der Waals surface area (Å²) in [7, 11) is 0. The minimum absolute atomic E-state index is 0.0136. The zero-order valence-corrected chi connectivity index (χ0v) is 19.6. The number of nitrogens with two attached hydrogens (primary N) is 1. The summed E-state index contributed by atoms with van der Waals surface area (Å²) in [6.45, 7) is 2.36. The highest BCUT2D eigenvalue weighted by Crippen LogP contribution is 2.26. The number of hydrogen-bond donors (Lipinski definition) is 2. The summed E-state index contributed by atoms with van der Waals surface area (Å²) in [6, 6.07) is 18.6. The Morgan fingerprint density at radius 1 is 1.09 bits per heavy atom. The van der Waals surface area contributed by atoms with Gasteiger partial charge < -0.3 is 20.9 Å².